The topological polar surface area (TPSA) is 55.6 Å². The van der Waals surface area contributed by atoms with Gasteiger partial charge in [-0.05, 0) is 50.8 Å². The van der Waals surface area contributed by atoms with Crippen molar-refractivity contribution in [1.82, 2.24) is 4.90 Å². The quantitative estimate of drug-likeness (QED) is 0.462. The van der Waals surface area contributed by atoms with Crippen molar-refractivity contribution < 1.29 is 9.53 Å². The fourth-order valence-corrected chi connectivity index (χ4v) is 3.46. The first-order chi connectivity index (χ1) is 11.1. The zero-order chi connectivity index (χ0) is 16.8. The Labute approximate surface area is 143 Å². The van der Waals surface area contributed by atoms with E-state index < -0.39 is 0 Å². The first kappa shape index (κ1) is 18.1. The highest BCUT2D eigenvalue weighted by Gasteiger charge is 2.27. The number of nitrogens with zero attached hydrogens (tertiary/aromatic N) is 1. The molecule has 1 fully saturated rings. The van der Waals surface area contributed by atoms with Crippen LogP contribution in [0.15, 0.2) is 12.1 Å². The Hall–Kier alpha value is -1.26. The molecule has 4 nitrogen and oxygen atoms in total. The fourth-order valence-electron chi connectivity index (χ4n) is 3.29. The van der Waals surface area contributed by atoms with Gasteiger partial charge in [-0.15, -0.1) is 0 Å². The Kier molecular flexibility index (Phi) is 6.72. The number of ether oxygens (including phenoxy) is 1. The average Bonchev–Trinajstić information content (AvgIpc) is 2.55. The summed E-state index contributed by atoms with van der Waals surface area (Å²) in [6, 6.07) is 3.95. The van der Waals surface area contributed by atoms with Crippen molar-refractivity contribution >= 4 is 23.6 Å². The molecular weight excluding hydrogens is 312 g/mol. The van der Waals surface area contributed by atoms with Gasteiger partial charge in [-0.3, -0.25) is 4.90 Å². The summed E-state index contributed by atoms with van der Waals surface area (Å²) in [7, 11) is 1.66. The number of benzene rings is 1. The first-order valence-electron chi connectivity index (χ1n) is 8.37. The van der Waals surface area contributed by atoms with Gasteiger partial charge in [-0.25, -0.2) is 0 Å². The van der Waals surface area contributed by atoms with Gasteiger partial charge in [0.2, 0.25) is 0 Å². The van der Waals surface area contributed by atoms with Crippen molar-refractivity contribution in [2.75, 3.05) is 25.9 Å². The molecule has 1 aliphatic heterocycles. The minimum Gasteiger partial charge on any atom is -0.496 e. The zero-order valence-corrected chi connectivity index (χ0v) is 14.8. The molecule has 1 saturated heterocycles. The maximum atomic E-state index is 10.7. The molecular formula is C18H27ClN2O2. The van der Waals surface area contributed by atoms with E-state index in [1.807, 2.05) is 6.07 Å². The Morgan fingerprint density at radius 3 is 2.74 bits per heavy atom. The highest BCUT2D eigenvalue weighted by atomic mass is 35.5. The van der Waals surface area contributed by atoms with E-state index in [0.29, 0.717) is 17.1 Å². The summed E-state index contributed by atoms with van der Waals surface area (Å²) in [6.07, 6.45) is 5.77. The number of piperidine rings is 1. The van der Waals surface area contributed by atoms with Gasteiger partial charge < -0.3 is 15.3 Å². The Morgan fingerprint density at radius 2 is 2.13 bits per heavy atom. The van der Waals surface area contributed by atoms with E-state index in [0.717, 1.165) is 49.4 Å². The van der Waals surface area contributed by atoms with Gasteiger partial charge in [0, 0.05) is 24.1 Å². The van der Waals surface area contributed by atoms with Crippen molar-refractivity contribution in [3.05, 3.63) is 22.7 Å². The van der Waals surface area contributed by atoms with Gasteiger partial charge in [-0.2, -0.15) is 0 Å². The summed E-state index contributed by atoms with van der Waals surface area (Å²) in [5.41, 5.74) is 7.52. The number of carbonyl (C=O) groups excluding carboxylic acids is 1. The standard InChI is InChI=1S/C18H27ClN2O2/c1-13-6-8-21(9-7-13)17(5-3-4-10-22)14-11-15(19)16(20)12-18(14)23-2/h10-13,17H,3-9,20H2,1-2H3. The second kappa shape index (κ2) is 8.55. The summed E-state index contributed by atoms with van der Waals surface area (Å²) < 4.78 is 5.55. The smallest absolute Gasteiger partial charge is 0.125 e. The third kappa shape index (κ3) is 4.61. The fraction of sp³-hybridized carbons (Fsp3) is 0.611. The summed E-state index contributed by atoms with van der Waals surface area (Å²) in [5, 5.41) is 0.562. The number of unbranched alkanes of at least 4 members (excludes halogenated alkanes) is 1. The minimum absolute atomic E-state index is 0.218. The number of hydrogen-bond donors (Lipinski definition) is 1. The molecule has 0 aromatic heterocycles. The second-order valence-electron chi connectivity index (χ2n) is 6.45. The highest BCUT2D eigenvalue weighted by molar-refractivity contribution is 6.33. The zero-order valence-electron chi connectivity index (χ0n) is 14.1. The van der Waals surface area contributed by atoms with Crippen molar-refractivity contribution in [3.63, 3.8) is 0 Å². The van der Waals surface area contributed by atoms with Crippen LogP contribution in [0.25, 0.3) is 0 Å². The van der Waals surface area contributed by atoms with E-state index in [4.69, 9.17) is 22.1 Å². The molecule has 128 valence electrons. The van der Waals surface area contributed by atoms with Crippen molar-refractivity contribution in [2.45, 2.75) is 45.1 Å². The van der Waals surface area contributed by atoms with Crippen LogP contribution in [0.1, 0.15) is 50.6 Å². The molecule has 0 amide bonds. The summed E-state index contributed by atoms with van der Waals surface area (Å²) in [4.78, 5) is 13.2. The first-order valence-corrected chi connectivity index (χ1v) is 8.75. The molecule has 0 saturated carbocycles. The van der Waals surface area contributed by atoms with Crippen LogP contribution < -0.4 is 10.5 Å². The Bertz CT molecular complexity index is 528. The third-order valence-corrected chi connectivity index (χ3v) is 5.09. The summed E-state index contributed by atoms with van der Waals surface area (Å²) in [6.45, 7) is 4.44. The molecule has 0 spiro atoms. The molecule has 1 atom stereocenters. The SMILES string of the molecule is COc1cc(N)c(Cl)cc1C(CCCC=O)N1CCC(C)CC1. The predicted octanol–water partition coefficient (Wildman–Crippen LogP) is 4.07. The maximum absolute atomic E-state index is 10.7. The number of nitrogens with two attached hydrogens (primary N) is 1. The van der Waals surface area contributed by atoms with E-state index in [1.54, 1.807) is 13.2 Å². The lowest BCUT2D eigenvalue weighted by Crippen LogP contribution is -2.36. The molecule has 1 aliphatic rings. The molecule has 1 heterocycles. The Morgan fingerprint density at radius 1 is 1.43 bits per heavy atom. The maximum Gasteiger partial charge on any atom is 0.125 e. The van der Waals surface area contributed by atoms with E-state index in [-0.39, 0.29) is 6.04 Å². The van der Waals surface area contributed by atoms with Crippen molar-refractivity contribution in [1.29, 1.82) is 0 Å². The van der Waals surface area contributed by atoms with Gasteiger partial charge in [-0.1, -0.05) is 18.5 Å². The van der Waals surface area contributed by atoms with Crippen LogP contribution in [-0.2, 0) is 4.79 Å². The third-order valence-electron chi connectivity index (χ3n) is 4.77. The van der Waals surface area contributed by atoms with Crippen LogP contribution in [-0.4, -0.2) is 31.4 Å². The number of carbonyl (C=O) groups is 1. The molecule has 2 N–H and O–H groups in total. The predicted molar refractivity (Wildman–Crippen MR) is 95.0 cm³/mol. The van der Waals surface area contributed by atoms with Crippen LogP contribution in [0.2, 0.25) is 5.02 Å². The van der Waals surface area contributed by atoms with Crippen LogP contribution in [0.3, 0.4) is 0 Å². The number of methoxy groups -OCH3 is 1. The van der Waals surface area contributed by atoms with Crippen LogP contribution in [0, 0.1) is 5.92 Å². The lowest BCUT2D eigenvalue weighted by atomic mass is 9.93. The van der Waals surface area contributed by atoms with Crippen LogP contribution in [0.4, 0.5) is 5.69 Å². The number of likely N-dealkylation sites (tertiary alicyclic amines) is 1. The normalized spacial score (nSPS) is 17.9. The molecule has 0 radical (unpaired) electrons. The van der Waals surface area contributed by atoms with E-state index in [2.05, 4.69) is 11.8 Å². The van der Waals surface area contributed by atoms with Crippen LogP contribution in [0.5, 0.6) is 5.75 Å². The molecule has 1 unspecified atom stereocenters. The van der Waals surface area contributed by atoms with Gasteiger partial charge in [0.05, 0.1) is 17.8 Å². The van der Waals surface area contributed by atoms with Crippen LogP contribution >= 0.6 is 11.6 Å². The molecule has 2 rings (SSSR count). The summed E-state index contributed by atoms with van der Waals surface area (Å²) >= 11 is 6.26. The monoisotopic (exact) mass is 338 g/mol. The molecule has 5 heteroatoms. The van der Waals surface area contributed by atoms with Gasteiger partial charge in [0.15, 0.2) is 0 Å². The lowest BCUT2D eigenvalue weighted by molar-refractivity contribution is -0.108. The molecule has 23 heavy (non-hydrogen) atoms. The molecule has 1 aromatic rings. The number of nitrogen functional groups attached to an aromatic ring is 1. The van der Waals surface area contributed by atoms with Crippen molar-refractivity contribution in [3.8, 4) is 5.75 Å². The number of rotatable bonds is 7. The minimum atomic E-state index is 0.218. The summed E-state index contributed by atoms with van der Waals surface area (Å²) in [5.74, 6) is 1.56. The van der Waals surface area contributed by atoms with E-state index >= 15 is 0 Å². The van der Waals surface area contributed by atoms with E-state index in [1.165, 1.54) is 12.8 Å². The number of anilines is 1. The van der Waals surface area contributed by atoms with Gasteiger partial charge in [0.1, 0.15) is 12.0 Å². The van der Waals surface area contributed by atoms with Crippen molar-refractivity contribution in [2.24, 2.45) is 5.92 Å². The Balaban J connectivity index is 2.28. The molecule has 0 bridgehead atoms. The average molecular weight is 339 g/mol. The van der Waals surface area contributed by atoms with Gasteiger partial charge >= 0.3 is 0 Å². The second-order valence-corrected chi connectivity index (χ2v) is 6.85. The highest BCUT2D eigenvalue weighted by Crippen LogP contribution is 2.39. The number of hydrogen-bond acceptors (Lipinski definition) is 4. The lowest BCUT2D eigenvalue weighted by Gasteiger charge is -2.37. The number of halogens is 1. The molecule has 1 aromatic carbocycles. The molecule has 0 aliphatic carbocycles. The van der Waals surface area contributed by atoms with Gasteiger partial charge in [0.25, 0.3) is 0 Å². The largest absolute Gasteiger partial charge is 0.496 e. The number of aldehydes is 1. The van der Waals surface area contributed by atoms with E-state index in [9.17, 15) is 4.79 Å².